The van der Waals surface area contributed by atoms with Gasteiger partial charge >= 0.3 is 0 Å². The molecule has 4 aromatic rings. The van der Waals surface area contributed by atoms with Crippen LogP contribution in [-0.2, 0) is 0 Å². The highest BCUT2D eigenvalue weighted by Crippen LogP contribution is 2.34. The first kappa shape index (κ1) is 10.4. The average molecular weight is 249 g/mol. The molecular weight excluding hydrogens is 238 g/mol. The van der Waals surface area contributed by atoms with E-state index in [0.717, 1.165) is 32.8 Å². The summed E-state index contributed by atoms with van der Waals surface area (Å²) in [6.07, 6.45) is 1.79. The molecule has 0 unspecified atom stereocenters. The van der Waals surface area contributed by atoms with Crippen LogP contribution in [0.15, 0.2) is 53.1 Å². The lowest BCUT2D eigenvalue weighted by Gasteiger charge is -1.98. The molecule has 3 nitrogen and oxygen atoms in total. The fourth-order valence-corrected chi connectivity index (χ4v) is 2.67. The highest BCUT2D eigenvalue weighted by Gasteiger charge is 2.12. The zero-order valence-corrected chi connectivity index (χ0v) is 10.4. The summed E-state index contributed by atoms with van der Waals surface area (Å²) < 4.78 is 7.57. The van der Waals surface area contributed by atoms with Crippen LogP contribution < -0.4 is 0 Å². The Morgan fingerprint density at radius 2 is 1.84 bits per heavy atom. The number of hydrogen-bond acceptors (Lipinski definition) is 2. The number of carbonyl (C=O) groups is 1. The third kappa shape index (κ3) is 1.30. The van der Waals surface area contributed by atoms with E-state index in [9.17, 15) is 4.79 Å². The van der Waals surface area contributed by atoms with Gasteiger partial charge in [0.2, 0.25) is 5.91 Å². The second kappa shape index (κ2) is 3.48. The van der Waals surface area contributed by atoms with Crippen LogP contribution in [0.1, 0.15) is 11.7 Å². The third-order valence-corrected chi connectivity index (χ3v) is 3.55. The molecule has 0 saturated heterocycles. The maximum atomic E-state index is 11.6. The summed E-state index contributed by atoms with van der Waals surface area (Å²) in [5.74, 6) is 0.00506. The fraction of sp³-hybridized carbons (Fsp3) is 0.0625. The number of fused-ring (bicyclic) bond motifs is 5. The predicted octanol–water partition coefficient (Wildman–Crippen LogP) is 4.20. The minimum atomic E-state index is 0.00506. The van der Waals surface area contributed by atoms with Crippen molar-refractivity contribution in [3.8, 4) is 0 Å². The van der Waals surface area contributed by atoms with Gasteiger partial charge in [-0.05, 0) is 24.3 Å². The molecule has 2 aromatic heterocycles. The fourth-order valence-electron chi connectivity index (χ4n) is 2.67. The van der Waals surface area contributed by atoms with Gasteiger partial charge in [-0.25, -0.2) is 0 Å². The van der Waals surface area contributed by atoms with Crippen LogP contribution in [-0.4, -0.2) is 10.5 Å². The van der Waals surface area contributed by atoms with Gasteiger partial charge in [-0.3, -0.25) is 9.36 Å². The number of aromatic nitrogens is 1. The van der Waals surface area contributed by atoms with Crippen molar-refractivity contribution in [2.45, 2.75) is 6.92 Å². The molecule has 0 aliphatic carbocycles. The smallest absolute Gasteiger partial charge is 0.227 e. The standard InChI is InChI=1S/C16H11NO2/c1-10(18)17-9-8-13-14(17)7-6-12-11-4-2-3-5-15(11)19-16(12)13/h2-9H,1H3. The molecule has 0 radical (unpaired) electrons. The SMILES string of the molecule is CC(=O)n1ccc2c3oc4ccccc4c3ccc21. The van der Waals surface area contributed by atoms with Crippen LogP contribution in [0.4, 0.5) is 0 Å². The summed E-state index contributed by atoms with van der Waals surface area (Å²) >= 11 is 0. The van der Waals surface area contributed by atoms with Crippen LogP contribution in [0.5, 0.6) is 0 Å². The molecule has 0 fully saturated rings. The van der Waals surface area contributed by atoms with Gasteiger partial charge in [-0.1, -0.05) is 18.2 Å². The Morgan fingerprint density at radius 1 is 1.00 bits per heavy atom. The molecule has 0 bridgehead atoms. The van der Waals surface area contributed by atoms with Crippen LogP contribution in [0, 0.1) is 0 Å². The Hall–Kier alpha value is -2.55. The van der Waals surface area contributed by atoms with Crippen LogP contribution in [0.3, 0.4) is 0 Å². The highest BCUT2D eigenvalue weighted by atomic mass is 16.3. The quantitative estimate of drug-likeness (QED) is 0.468. The van der Waals surface area contributed by atoms with E-state index in [4.69, 9.17) is 4.42 Å². The predicted molar refractivity (Wildman–Crippen MR) is 75.5 cm³/mol. The van der Waals surface area contributed by atoms with Gasteiger partial charge in [0.1, 0.15) is 11.2 Å². The molecule has 0 N–H and O–H groups in total. The number of hydrogen-bond donors (Lipinski definition) is 0. The van der Waals surface area contributed by atoms with Gasteiger partial charge in [0, 0.05) is 29.3 Å². The van der Waals surface area contributed by atoms with Gasteiger partial charge in [-0.2, -0.15) is 0 Å². The molecule has 4 rings (SSSR count). The zero-order valence-electron chi connectivity index (χ0n) is 10.4. The molecule has 0 amide bonds. The summed E-state index contributed by atoms with van der Waals surface area (Å²) in [6, 6.07) is 13.9. The largest absolute Gasteiger partial charge is 0.455 e. The summed E-state index contributed by atoms with van der Waals surface area (Å²) in [5.41, 5.74) is 2.61. The monoisotopic (exact) mass is 249 g/mol. The number of nitrogens with zero attached hydrogens (tertiary/aromatic N) is 1. The molecule has 0 spiro atoms. The Balaban J connectivity index is 2.23. The Kier molecular flexibility index (Phi) is 1.90. The first-order valence-corrected chi connectivity index (χ1v) is 6.18. The molecule has 0 aliphatic rings. The van der Waals surface area contributed by atoms with Gasteiger partial charge in [0.25, 0.3) is 0 Å². The molecule has 19 heavy (non-hydrogen) atoms. The van der Waals surface area contributed by atoms with Crippen LogP contribution in [0.25, 0.3) is 32.8 Å². The van der Waals surface area contributed by atoms with E-state index in [1.807, 2.05) is 36.4 Å². The summed E-state index contributed by atoms with van der Waals surface area (Å²) in [7, 11) is 0. The normalized spacial score (nSPS) is 11.6. The minimum absolute atomic E-state index is 0.00506. The first-order valence-electron chi connectivity index (χ1n) is 6.18. The second-order valence-electron chi connectivity index (χ2n) is 4.68. The van der Waals surface area contributed by atoms with E-state index in [1.54, 1.807) is 17.7 Å². The van der Waals surface area contributed by atoms with E-state index in [2.05, 4.69) is 6.07 Å². The Bertz CT molecular complexity index is 943. The Morgan fingerprint density at radius 3 is 2.68 bits per heavy atom. The second-order valence-corrected chi connectivity index (χ2v) is 4.68. The average Bonchev–Trinajstić information content (AvgIpc) is 2.99. The van der Waals surface area contributed by atoms with Crippen molar-refractivity contribution in [2.24, 2.45) is 0 Å². The third-order valence-electron chi connectivity index (χ3n) is 3.55. The van der Waals surface area contributed by atoms with Crippen molar-refractivity contribution in [2.75, 3.05) is 0 Å². The van der Waals surface area contributed by atoms with Crippen molar-refractivity contribution in [1.29, 1.82) is 0 Å². The lowest BCUT2D eigenvalue weighted by molar-refractivity contribution is 0.0941. The molecule has 3 heteroatoms. The summed E-state index contributed by atoms with van der Waals surface area (Å²) in [4.78, 5) is 11.6. The Labute approximate surface area is 109 Å². The summed E-state index contributed by atoms with van der Waals surface area (Å²) in [6.45, 7) is 1.56. The molecule has 0 saturated carbocycles. The number of para-hydroxylation sites is 1. The van der Waals surface area contributed by atoms with E-state index in [1.165, 1.54) is 0 Å². The van der Waals surface area contributed by atoms with E-state index < -0.39 is 0 Å². The number of carbonyl (C=O) groups excluding carboxylic acids is 1. The molecule has 0 atom stereocenters. The molecule has 0 aliphatic heterocycles. The van der Waals surface area contributed by atoms with Gasteiger partial charge in [0.15, 0.2) is 0 Å². The molecular formula is C16H11NO2. The van der Waals surface area contributed by atoms with Crippen LogP contribution >= 0.6 is 0 Å². The molecule has 92 valence electrons. The number of furan rings is 1. The maximum absolute atomic E-state index is 11.6. The highest BCUT2D eigenvalue weighted by molar-refractivity contribution is 6.15. The lowest BCUT2D eigenvalue weighted by atomic mass is 10.1. The van der Waals surface area contributed by atoms with Gasteiger partial charge in [-0.15, -0.1) is 0 Å². The van der Waals surface area contributed by atoms with Crippen molar-refractivity contribution in [3.63, 3.8) is 0 Å². The number of benzene rings is 2. The van der Waals surface area contributed by atoms with Gasteiger partial charge in [0.05, 0.1) is 5.52 Å². The van der Waals surface area contributed by atoms with Gasteiger partial charge < -0.3 is 4.42 Å². The maximum Gasteiger partial charge on any atom is 0.227 e. The van der Waals surface area contributed by atoms with E-state index >= 15 is 0 Å². The zero-order chi connectivity index (χ0) is 13.0. The van der Waals surface area contributed by atoms with Crippen molar-refractivity contribution in [1.82, 2.24) is 4.57 Å². The van der Waals surface area contributed by atoms with E-state index in [-0.39, 0.29) is 5.91 Å². The van der Waals surface area contributed by atoms with Crippen molar-refractivity contribution in [3.05, 3.63) is 48.7 Å². The van der Waals surface area contributed by atoms with Crippen molar-refractivity contribution >= 4 is 38.7 Å². The molecule has 2 aromatic carbocycles. The topological polar surface area (TPSA) is 35.1 Å². The van der Waals surface area contributed by atoms with Crippen LogP contribution in [0.2, 0.25) is 0 Å². The molecule has 2 heterocycles. The van der Waals surface area contributed by atoms with Crippen molar-refractivity contribution < 1.29 is 9.21 Å². The number of rotatable bonds is 0. The lowest BCUT2D eigenvalue weighted by Crippen LogP contribution is -2.02. The van der Waals surface area contributed by atoms with E-state index in [0.29, 0.717) is 0 Å². The minimum Gasteiger partial charge on any atom is -0.455 e. The summed E-state index contributed by atoms with van der Waals surface area (Å²) in [5, 5.41) is 3.17. The first-order chi connectivity index (χ1) is 9.25.